The maximum atomic E-state index is 13.9. The van der Waals surface area contributed by atoms with Crippen LogP contribution in [0.5, 0.6) is 0 Å². The third kappa shape index (κ3) is 3.61. The molecule has 2 aromatic rings. The number of carbonyl (C=O) groups excluding carboxylic acids is 1. The third-order valence-electron chi connectivity index (χ3n) is 4.56. The van der Waals surface area contributed by atoms with E-state index in [1.54, 1.807) is 9.80 Å². The van der Waals surface area contributed by atoms with Crippen LogP contribution in [0.15, 0.2) is 30.3 Å². The molecule has 1 N–H and O–H groups in total. The molecule has 1 fully saturated rings. The van der Waals surface area contributed by atoms with Crippen molar-refractivity contribution < 1.29 is 18.0 Å². The molecule has 0 saturated carbocycles. The summed E-state index contributed by atoms with van der Waals surface area (Å²) in [6.07, 6.45) is 0. The zero-order chi connectivity index (χ0) is 18.8. The smallest absolute Gasteiger partial charge is 0.321 e. The van der Waals surface area contributed by atoms with Crippen LogP contribution in [-0.4, -0.2) is 37.1 Å². The van der Waals surface area contributed by atoms with E-state index in [0.717, 1.165) is 22.9 Å². The van der Waals surface area contributed by atoms with Crippen molar-refractivity contribution in [3.05, 3.63) is 58.9 Å². The summed E-state index contributed by atoms with van der Waals surface area (Å²) in [6.45, 7) is 5.25. The molecule has 1 saturated heterocycles. The molecule has 0 aliphatic carbocycles. The van der Waals surface area contributed by atoms with E-state index in [9.17, 15) is 18.0 Å². The van der Waals surface area contributed by atoms with Crippen molar-refractivity contribution >= 4 is 17.4 Å². The summed E-state index contributed by atoms with van der Waals surface area (Å²) in [6, 6.07) is 7.71. The number of benzene rings is 2. The average molecular weight is 363 g/mol. The van der Waals surface area contributed by atoms with Crippen molar-refractivity contribution in [2.45, 2.75) is 13.8 Å². The van der Waals surface area contributed by atoms with E-state index in [1.165, 1.54) is 6.07 Å². The second kappa shape index (κ2) is 7.27. The average Bonchev–Trinajstić information content (AvgIpc) is 2.63. The molecule has 2 aromatic carbocycles. The van der Waals surface area contributed by atoms with Gasteiger partial charge in [-0.1, -0.05) is 12.1 Å². The first kappa shape index (κ1) is 18.1. The van der Waals surface area contributed by atoms with Crippen molar-refractivity contribution in [1.29, 1.82) is 0 Å². The molecular weight excluding hydrogens is 343 g/mol. The lowest BCUT2D eigenvalue weighted by Gasteiger charge is -2.36. The Morgan fingerprint density at radius 3 is 2.35 bits per heavy atom. The van der Waals surface area contributed by atoms with Crippen molar-refractivity contribution in [3.8, 4) is 0 Å². The minimum Gasteiger partial charge on any atom is -0.366 e. The number of nitrogens with zero attached hydrogens (tertiary/aromatic N) is 2. The second-order valence-electron chi connectivity index (χ2n) is 6.42. The summed E-state index contributed by atoms with van der Waals surface area (Å²) in [4.78, 5) is 15.7. The Morgan fingerprint density at radius 1 is 0.962 bits per heavy atom. The lowest BCUT2D eigenvalue weighted by molar-refractivity contribution is 0.208. The van der Waals surface area contributed by atoms with Gasteiger partial charge in [-0.25, -0.2) is 18.0 Å². The van der Waals surface area contributed by atoms with E-state index >= 15 is 0 Å². The van der Waals surface area contributed by atoms with Crippen LogP contribution >= 0.6 is 0 Å². The monoisotopic (exact) mass is 363 g/mol. The molecule has 26 heavy (non-hydrogen) atoms. The molecule has 4 nitrogen and oxygen atoms in total. The van der Waals surface area contributed by atoms with Gasteiger partial charge in [0.1, 0.15) is 0 Å². The van der Waals surface area contributed by atoms with Crippen LogP contribution in [0.25, 0.3) is 0 Å². The number of amides is 2. The summed E-state index contributed by atoms with van der Waals surface area (Å²) in [7, 11) is 0. The van der Waals surface area contributed by atoms with Gasteiger partial charge in [-0.3, -0.25) is 0 Å². The van der Waals surface area contributed by atoms with Crippen molar-refractivity contribution in [1.82, 2.24) is 4.90 Å². The number of anilines is 2. The zero-order valence-corrected chi connectivity index (χ0v) is 14.7. The molecule has 1 aliphatic rings. The highest BCUT2D eigenvalue weighted by Gasteiger charge is 2.25. The Balaban J connectivity index is 1.64. The fourth-order valence-corrected chi connectivity index (χ4v) is 2.98. The lowest BCUT2D eigenvalue weighted by Crippen LogP contribution is -2.50. The molecule has 0 bridgehead atoms. The predicted molar refractivity (Wildman–Crippen MR) is 95.0 cm³/mol. The molecule has 0 atom stereocenters. The van der Waals surface area contributed by atoms with Crippen LogP contribution in [0.3, 0.4) is 0 Å². The number of hydrogen-bond acceptors (Lipinski definition) is 2. The highest BCUT2D eigenvalue weighted by Crippen LogP contribution is 2.25. The number of halogens is 3. The molecule has 1 aliphatic heterocycles. The molecule has 138 valence electrons. The first-order chi connectivity index (χ1) is 12.4. The summed E-state index contributed by atoms with van der Waals surface area (Å²) >= 11 is 0. The highest BCUT2D eigenvalue weighted by atomic mass is 19.2. The van der Waals surface area contributed by atoms with E-state index in [1.807, 2.05) is 32.0 Å². The first-order valence-electron chi connectivity index (χ1n) is 8.38. The van der Waals surface area contributed by atoms with Crippen LogP contribution < -0.4 is 10.2 Å². The second-order valence-corrected chi connectivity index (χ2v) is 6.42. The van der Waals surface area contributed by atoms with Crippen molar-refractivity contribution in [2.75, 3.05) is 36.4 Å². The van der Waals surface area contributed by atoms with Gasteiger partial charge in [0.05, 0.1) is 5.69 Å². The van der Waals surface area contributed by atoms with Gasteiger partial charge < -0.3 is 15.1 Å². The van der Waals surface area contributed by atoms with E-state index < -0.39 is 17.5 Å². The number of piperazine rings is 1. The summed E-state index contributed by atoms with van der Waals surface area (Å²) in [5.41, 5.74) is 2.78. The van der Waals surface area contributed by atoms with E-state index in [-0.39, 0.29) is 11.7 Å². The van der Waals surface area contributed by atoms with Crippen LogP contribution in [-0.2, 0) is 0 Å². The van der Waals surface area contributed by atoms with Crippen LogP contribution in [0.4, 0.5) is 29.3 Å². The molecule has 2 amide bonds. The standard InChI is InChI=1S/C19H20F3N3O/c1-12-3-4-13(2)15(11-12)23-19(26)25-9-7-24(8-10-25)16-6-5-14(20)17(21)18(16)22/h3-6,11H,7-10H2,1-2H3,(H,23,26). The maximum Gasteiger partial charge on any atom is 0.321 e. The van der Waals surface area contributed by atoms with Gasteiger partial charge in [0, 0.05) is 31.9 Å². The van der Waals surface area contributed by atoms with E-state index in [4.69, 9.17) is 0 Å². The van der Waals surface area contributed by atoms with E-state index in [0.29, 0.717) is 26.2 Å². The summed E-state index contributed by atoms with van der Waals surface area (Å²) in [5, 5.41) is 2.89. The molecular formula is C19H20F3N3O. The fourth-order valence-electron chi connectivity index (χ4n) is 2.98. The number of hydrogen-bond donors (Lipinski definition) is 1. The van der Waals surface area contributed by atoms with Crippen LogP contribution in [0.1, 0.15) is 11.1 Å². The zero-order valence-electron chi connectivity index (χ0n) is 14.7. The normalized spacial score (nSPS) is 14.5. The molecule has 0 spiro atoms. The number of aryl methyl sites for hydroxylation is 2. The Labute approximate surface area is 150 Å². The van der Waals surface area contributed by atoms with Gasteiger partial charge in [0.25, 0.3) is 0 Å². The van der Waals surface area contributed by atoms with Gasteiger partial charge in [-0.2, -0.15) is 0 Å². The SMILES string of the molecule is Cc1ccc(C)c(NC(=O)N2CCN(c3ccc(F)c(F)c3F)CC2)c1. The molecule has 0 radical (unpaired) electrons. The molecule has 1 heterocycles. The van der Waals surface area contributed by atoms with Gasteiger partial charge in [-0.15, -0.1) is 0 Å². The van der Waals surface area contributed by atoms with Crippen molar-refractivity contribution in [3.63, 3.8) is 0 Å². The van der Waals surface area contributed by atoms with Crippen molar-refractivity contribution in [2.24, 2.45) is 0 Å². The Morgan fingerprint density at radius 2 is 1.65 bits per heavy atom. The third-order valence-corrected chi connectivity index (χ3v) is 4.56. The minimum atomic E-state index is -1.47. The Hall–Kier alpha value is -2.70. The number of rotatable bonds is 2. The van der Waals surface area contributed by atoms with Gasteiger partial charge in [-0.05, 0) is 43.2 Å². The number of urea groups is 1. The molecule has 0 aromatic heterocycles. The van der Waals surface area contributed by atoms with E-state index in [2.05, 4.69) is 5.32 Å². The molecule has 0 unspecified atom stereocenters. The predicted octanol–water partition coefficient (Wildman–Crippen LogP) is 4.07. The largest absolute Gasteiger partial charge is 0.366 e. The quantitative estimate of drug-likeness (QED) is 0.817. The number of carbonyl (C=O) groups is 1. The summed E-state index contributed by atoms with van der Waals surface area (Å²) in [5.74, 6) is -3.88. The van der Waals surface area contributed by atoms with Crippen LogP contribution in [0, 0.1) is 31.3 Å². The minimum absolute atomic E-state index is 0.0125. The topological polar surface area (TPSA) is 35.6 Å². The van der Waals surface area contributed by atoms with Gasteiger partial charge in [0.15, 0.2) is 17.5 Å². The highest BCUT2D eigenvalue weighted by molar-refractivity contribution is 5.90. The summed E-state index contributed by atoms with van der Waals surface area (Å²) < 4.78 is 40.4. The maximum absolute atomic E-state index is 13.9. The fraction of sp³-hybridized carbons (Fsp3) is 0.316. The first-order valence-corrected chi connectivity index (χ1v) is 8.38. The van der Waals surface area contributed by atoms with Gasteiger partial charge >= 0.3 is 6.03 Å². The molecule has 3 rings (SSSR count). The Bertz CT molecular complexity index is 833. The molecule has 7 heteroatoms. The lowest BCUT2D eigenvalue weighted by atomic mass is 10.1. The number of nitrogens with one attached hydrogen (secondary N) is 1. The van der Waals surface area contributed by atoms with Gasteiger partial charge in [0.2, 0.25) is 0 Å². The van der Waals surface area contributed by atoms with Crippen LogP contribution in [0.2, 0.25) is 0 Å². The Kier molecular flexibility index (Phi) is 5.06.